The second kappa shape index (κ2) is 4.98. The van der Waals surface area contributed by atoms with Gasteiger partial charge in [-0.15, -0.1) is 0 Å². The highest BCUT2D eigenvalue weighted by molar-refractivity contribution is 6.00. The Morgan fingerprint density at radius 2 is 2.22 bits per heavy atom. The van der Waals surface area contributed by atoms with Gasteiger partial charge in [-0.2, -0.15) is 0 Å². The number of nitrogens with zero attached hydrogens (tertiary/aromatic N) is 1. The van der Waals surface area contributed by atoms with E-state index >= 15 is 0 Å². The van der Waals surface area contributed by atoms with E-state index in [0.717, 1.165) is 29.8 Å². The maximum atomic E-state index is 7.71. The first-order valence-corrected chi connectivity index (χ1v) is 6.30. The second-order valence-corrected chi connectivity index (χ2v) is 4.98. The van der Waals surface area contributed by atoms with Crippen LogP contribution in [0.15, 0.2) is 18.2 Å². The Balaban J connectivity index is 2.35. The minimum Gasteiger partial charge on any atom is -0.384 e. The Morgan fingerprint density at radius 3 is 2.78 bits per heavy atom. The van der Waals surface area contributed by atoms with Gasteiger partial charge in [-0.1, -0.05) is 11.6 Å². The van der Waals surface area contributed by atoms with Crippen LogP contribution >= 0.6 is 0 Å². The van der Waals surface area contributed by atoms with Gasteiger partial charge < -0.3 is 15.4 Å². The summed E-state index contributed by atoms with van der Waals surface area (Å²) in [7, 11) is 2.05. The number of hydrogen-bond donors (Lipinski definition) is 2. The van der Waals surface area contributed by atoms with Crippen LogP contribution in [0.2, 0.25) is 0 Å². The van der Waals surface area contributed by atoms with E-state index in [1.54, 1.807) is 0 Å². The number of ether oxygens (including phenoxy) is 1. The lowest BCUT2D eigenvalue weighted by Crippen LogP contribution is -2.38. The molecule has 0 aromatic heterocycles. The number of aryl methyl sites for hydroxylation is 1. The highest BCUT2D eigenvalue weighted by Gasteiger charge is 2.29. The van der Waals surface area contributed by atoms with Crippen molar-refractivity contribution in [3.8, 4) is 0 Å². The number of likely N-dealkylation sites (N-methyl/N-ethyl adjacent to an activating group) is 1. The third kappa shape index (κ3) is 2.34. The summed E-state index contributed by atoms with van der Waals surface area (Å²) in [6.45, 7) is 4.91. The van der Waals surface area contributed by atoms with Crippen LogP contribution in [0.4, 0.5) is 5.69 Å². The average molecular weight is 247 g/mol. The van der Waals surface area contributed by atoms with Crippen molar-refractivity contribution in [2.45, 2.75) is 32.4 Å². The molecule has 1 aromatic carbocycles. The van der Waals surface area contributed by atoms with Gasteiger partial charge in [0.1, 0.15) is 5.84 Å². The smallest absolute Gasteiger partial charge is 0.124 e. The summed E-state index contributed by atoms with van der Waals surface area (Å²) in [6.07, 6.45) is 1.24. The fraction of sp³-hybridized carbons (Fsp3) is 0.500. The average Bonchev–Trinajstić information content (AvgIpc) is 2.74. The lowest BCUT2D eigenvalue weighted by Gasteiger charge is -2.30. The van der Waals surface area contributed by atoms with Crippen LogP contribution in [0.3, 0.4) is 0 Å². The highest BCUT2D eigenvalue weighted by atomic mass is 16.5. The highest BCUT2D eigenvalue weighted by Crippen LogP contribution is 2.27. The van der Waals surface area contributed by atoms with Crippen LogP contribution in [0.5, 0.6) is 0 Å². The van der Waals surface area contributed by atoms with Crippen molar-refractivity contribution in [3.63, 3.8) is 0 Å². The molecule has 0 spiro atoms. The molecule has 0 amide bonds. The molecule has 2 unspecified atom stereocenters. The lowest BCUT2D eigenvalue weighted by atomic mass is 10.0. The molecular formula is C14H21N3O. The summed E-state index contributed by atoms with van der Waals surface area (Å²) in [5, 5.41) is 7.71. The minimum atomic E-state index is 0.118. The van der Waals surface area contributed by atoms with Crippen molar-refractivity contribution in [2.24, 2.45) is 5.73 Å². The van der Waals surface area contributed by atoms with Gasteiger partial charge in [0, 0.05) is 24.9 Å². The first kappa shape index (κ1) is 12.9. The lowest BCUT2D eigenvalue weighted by molar-refractivity contribution is 0.118. The molecule has 98 valence electrons. The summed E-state index contributed by atoms with van der Waals surface area (Å²) in [4.78, 5) is 2.19. The topological polar surface area (TPSA) is 62.3 Å². The molecule has 18 heavy (non-hydrogen) atoms. The van der Waals surface area contributed by atoms with Gasteiger partial charge in [0.25, 0.3) is 0 Å². The van der Waals surface area contributed by atoms with E-state index in [4.69, 9.17) is 15.9 Å². The van der Waals surface area contributed by atoms with Crippen molar-refractivity contribution in [2.75, 3.05) is 18.6 Å². The van der Waals surface area contributed by atoms with Crippen molar-refractivity contribution >= 4 is 11.5 Å². The monoisotopic (exact) mass is 247 g/mol. The zero-order valence-electron chi connectivity index (χ0n) is 11.2. The summed E-state index contributed by atoms with van der Waals surface area (Å²) >= 11 is 0. The van der Waals surface area contributed by atoms with Crippen LogP contribution < -0.4 is 10.6 Å². The molecule has 1 saturated heterocycles. The van der Waals surface area contributed by atoms with Gasteiger partial charge in [-0.3, -0.25) is 5.41 Å². The van der Waals surface area contributed by atoms with E-state index in [1.165, 1.54) is 0 Å². The van der Waals surface area contributed by atoms with Crippen molar-refractivity contribution < 1.29 is 4.74 Å². The SMILES string of the molecule is Cc1ccc(N(C)C2CCOC2C)c(C(=N)N)c1. The number of nitrogen functional groups attached to an aromatic ring is 1. The number of benzene rings is 1. The molecule has 1 fully saturated rings. The van der Waals surface area contributed by atoms with E-state index < -0.39 is 0 Å². The summed E-state index contributed by atoms with van der Waals surface area (Å²) in [6, 6.07) is 6.41. The summed E-state index contributed by atoms with van der Waals surface area (Å²) in [5.74, 6) is 0.118. The molecule has 1 aliphatic heterocycles. The standard InChI is InChI=1S/C14H21N3O/c1-9-4-5-13(11(8-9)14(15)16)17(3)12-6-7-18-10(12)2/h4-5,8,10,12H,6-7H2,1-3H3,(H3,15,16). The Labute approximate surface area is 108 Å². The van der Waals surface area contributed by atoms with Gasteiger partial charge in [0.2, 0.25) is 0 Å². The number of hydrogen-bond acceptors (Lipinski definition) is 3. The van der Waals surface area contributed by atoms with Gasteiger partial charge in [0.05, 0.1) is 12.1 Å². The number of amidine groups is 1. The van der Waals surface area contributed by atoms with Crippen molar-refractivity contribution in [3.05, 3.63) is 29.3 Å². The molecule has 0 bridgehead atoms. The van der Waals surface area contributed by atoms with Crippen LogP contribution in [0.25, 0.3) is 0 Å². The second-order valence-electron chi connectivity index (χ2n) is 4.98. The first-order chi connectivity index (χ1) is 8.50. The molecule has 2 rings (SSSR count). The molecule has 0 radical (unpaired) electrons. The predicted octanol–water partition coefficient (Wildman–Crippen LogP) is 1.89. The molecule has 2 atom stereocenters. The zero-order valence-corrected chi connectivity index (χ0v) is 11.2. The van der Waals surface area contributed by atoms with Gasteiger partial charge in [-0.25, -0.2) is 0 Å². The molecule has 3 N–H and O–H groups in total. The maximum Gasteiger partial charge on any atom is 0.124 e. The van der Waals surface area contributed by atoms with Crippen LogP contribution in [0.1, 0.15) is 24.5 Å². The van der Waals surface area contributed by atoms with E-state index in [9.17, 15) is 0 Å². The van der Waals surface area contributed by atoms with Gasteiger partial charge in [0.15, 0.2) is 0 Å². The van der Waals surface area contributed by atoms with Crippen molar-refractivity contribution in [1.29, 1.82) is 5.41 Å². The quantitative estimate of drug-likeness (QED) is 0.633. The number of nitrogens with two attached hydrogens (primary N) is 1. The fourth-order valence-electron chi connectivity index (χ4n) is 2.58. The third-order valence-electron chi connectivity index (χ3n) is 3.66. The van der Waals surface area contributed by atoms with E-state index in [1.807, 2.05) is 26.1 Å². The van der Waals surface area contributed by atoms with Crippen LogP contribution in [-0.2, 0) is 4.74 Å². The predicted molar refractivity (Wildman–Crippen MR) is 74.4 cm³/mol. The molecule has 1 aliphatic rings. The molecule has 4 heteroatoms. The Kier molecular flexibility index (Phi) is 3.57. The van der Waals surface area contributed by atoms with E-state index in [0.29, 0.717) is 6.04 Å². The molecule has 0 saturated carbocycles. The number of nitrogens with one attached hydrogen (secondary N) is 1. The largest absolute Gasteiger partial charge is 0.384 e. The number of rotatable bonds is 3. The first-order valence-electron chi connectivity index (χ1n) is 6.30. The van der Waals surface area contributed by atoms with Crippen LogP contribution in [-0.4, -0.2) is 31.6 Å². The van der Waals surface area contributed by atoms with Gasteiger partial charge in [-0.05, 0) is 32.4 Å². The van der Waals surface area contributed by atoms with Gasteiger partial charge >= 0.3 is 0 Å². The molecular weight excluding hydrogens is 226 g/mol. The van der Waals surface area contributed by atoms with E-state index in [-0.39, 0.29) is 11.9 Å². The molecule has 4 nitrogen and oxygen atoms in total. The number of anilines is 1. The summed E-state index contributed by atoms with van der Waals surface area (Å²) in [5.41, 5.74) is 8.61. The normalized spacial score (nSPS) is 23.1. The third-order valence-corrected chi connectivity index (χ3v) is 3.66. The maximum absolute atomic E-state index is 7.71. The van der Waals surface area contributed by atoms with Crippen molar-refractivity contribution in [1.82, 2.24) is 0 Å². The van der Waals surface area contributed by atoms with Crippen LogP contribution in [0, 0.1) is 12.3 Å². The Morgan fingerprint density at radius 1 is 1.50 bits per heavy atom. The molecule has 1 aromatic rings. The minimum absolute atomic E-state index is 0.118. The Hall–Kier alpha value is -1.55. The molecule has 0 aliphatic carbocycles. The van der Waals surface area contributed by atoms with E-state index in [2.05, 4.69) is 17.9 Å². The fourth-order valence-corrected chi connectivity index (χ4v) is 2.58. The zero-order chi connectivity index (χ0) is 13.3. The molecule has 1 heterocycles. The Bertz CT molecular complexity index is 458. The summed E-state index contributed by atoms with van der Waals surface area (Å²) < 4.78 is 5.61.